The number of carbonyl (C=O) groups excluding carboxylic acids is 2. The molecule has 3 rings (SSSR count). The van der Waals surface area contributed by atoms with Crippen molar-refractivity contribution in [2.75, 3.05) is 38.0 Å². The number of quaternary nitrogens is 1. The predicted octanol–water partition coefficient (Wildman–Crippen LogP) is 1.48. The number of amides is 2. The molecule has 2 aromatic carbocycles. The van der Waals surface area contributed by atoms with Crippen LogP contribution in [0.25, 0.3) is 0 Å². The van der Waals surface area contributed by atoms with Gasteiger partial charge in [-0.05, 0) is 38.1 Å². The van der Waals surface area contributed by atoms with E-state index in [0.29, 0.717) is 29.4 Å². The molecule has 1 aliphatic heterocycles. The first-order valence-corrected chi connectivity index (χ1v) is 9.54. The number of fused-ring (bicyclic) bond motifs is 1. The molecule has 0 radical (unpaired) electrons. The van der Waals surface area contributed by atoms with Crippen molar-refractivity contribution in [2.45, 2.75) is 25.9 Å². The molecule has 2 aromatic rings. The van der Waals surface area contributed by atoms with Crippen LogP contribution >= 0.6 is 0 Å². The summed E-state index contributed by atoms with van der Waals surface area (Å²) >= 11 is 0. The Labute approximate surface area is 171 Å². The van der Waals surface area contributed by atoms with E-state index in [1.807, 2.05) is 43.4 Å². The molecule has 0 bridgehead atoms. The van der Waals surface area contributed by atoms with Crippen LogP contribution in [0.1, 0.15) is 19.4 Å². The van der Waals surface area contributed by atoms with Gasteiger partial charge in [-0.3, -0.25) is 14.5 Å². The molecule has 1 atom stereocenters. The number of hydrogen-bond donors (Lipinski definition) is 2. The minimum Gasteiger partial charge on any atom is -0.493 e. The second kappa shape index (κ2) is 8.13. The summed E-state index contributed by atoms with van der Waals surface area (Å²) < 4.78 is 10.9. The number of hydrogen-bond acceptors (Lipinski definition) is 4. The molecule has 0 spiro atoms. The summed E-state index contributed by atoms with van der Waals surface area (Å²) in [6, 6.07) is 13.1. The van der Waals surface area contributed by atoms with Gasteiger partial charge in [0.25, 0.3) is 5.91 Å². The lowest BCUT2D eigenvalue weighted by atomic mass is 9.96. The number of benzene rings is 2. The molecule has 0 aliphatic carbocycles. The van der Waals surface area contributed by atoms with Crippen molar-refractivity contribution in [2.24, 2.45) is 0 Å². The van der Waals surface area contributed by atoms with Gasteiger partial charge in [0.05, 0.1) is 38.2 Å². The molecular weight excluding hydrogens is 370 g/mol. The Hall–Kier alpha value is -3.06. The van der Waals surface area contributed by atoms with Crippen molar-refractivity contribution >= 4 is 23.2 Å². The van der Waals surface area contributed by atoms with Gasteiger partial charge < -0.3 is 19.7 Å². The van der Waals surface area contributed by atoms with Crippen LogP contribution in [-0.4, -0.2) is 45.2 Å². The zero-order valence-corrected chi connectivity index (χ0v) is 17.5. The molecule has 2 amide bonds. The molecule has 7 heteroatoms. The molecule has 154 valence electrons. The number of para-hydroxylation sites is 3. The Kier molecular flexibility index (Phi) is 5.79. The summed E-state index contributed by atoms with van der Waals surface area (Å²) in [6.45, 7) is 4.33. The van der Waals surface area contributed by atoms with Gasteiger partial charge in [-0.15, -0.1) is 0 Å². The molecule has 1 aliphatic rings. The third kappa shape index (κ3) is 3.91. The van der Waals surface area contributed by atoms with Crippen LogP contribution in [0.5, 0.6) is 11.5 Å². The third-order valence-corrected chi connectivity index (χ3v) is 5.19. The van der Waals surface area contributed by atoms with Crippen molar-refractivity contribution in [3.05, 3.63) is 48.0 Å². The molecule has 0 saturated carbocycles. The van der Waals surface area contributed by atoms with Gasteiger partial charge in [0.2, 0.25) is 5.91 Å². The molecule has 0 saturated heterocycles. The van der Waals surface area contributed by atoms with Crippen LogP contribution < -0.4 is 24.6 Å². The highest BCUT2D eigenvalue weighted by Crippen LogP contribution is 2.36. The summed E-state index contributed by atoms with van der Waals surface area (Å²) in [5, 5.41) is 2.89. The number of rotatable bonds is 6. The molecule has 7 nitrogen and oxygen atoms in total. The van der Waals surface area contributed by atoms with Crippen LogP contribution in [0.4, 0.5) is 11.4 Å². The number of methoxy groups -OCH3 is 2. The molecule has 0 fully saturated rings. The van der Waals surface area contributed by atoms with E-state index in [1.54, 1.807) is 39.0 Å². The topological polar surface area (TPSA) is 72.3 Å². The quantitative estimate of drug-likeness (QED) is 0.773. The average molecular weight is 398 g/mol. The third-order valence-electron chi connectivity index (χ3n) is 5.19. The Bertz CT molecular complexity index is 926. The van der Waals surface area contributed by atoms with Gasteiger partial charge in [-0.25, -0.2) is 0 Å². The number of nitrogens with one attached hydrogen (secondary N) is 2. The molecular formula is C22H28N3O4+. The first-order valence-electron chi connectivity index (χ1n) is 9.54. The van der Waals surface area contributed by atoms with E-state index in [1.165, 1.54) is 0 Å². The van der Waals surface area contributed by atoms with Gasteiger partial charge in [0.15, 0.2) is 18.0 Å². The van der Waals surface area contributed by atoms with Crippen LogP contribution in [0.2, 0.25) is 0 Å². The lowest BCUT2D eigenvalue weighted by molar-refractivity contribution is -0.885. The van der Waals surface area contributed by atoms with Crippen molar-refractivity contribution in [3.63, 3.8) is 0 Å². The minimum absolute atomic E-state index is 0.114. The maximum Gasteiger partial charge on any atom is 0.283 e. The second-order valence-electron chi connectivity index (χ2n) is 7.72. The largest absolute Gasteiger partial charge is 0.493 e. The lowest BCUT2D eigenvalue weighted by Crippen LogP contribution is -3.09. The van der Waals surface area contributed by atoms with Gasteiger partial charge in [0, 0.05) is 0 Å². The van der Waals surface area contributed by atoms with E-state index in [4.69, 9.17) is 9.47 Å². The fourth-order valence-corrected chi connectivity index (χ4v) is 3.72. The summed E-state index contributed by atoms with van der Waals surface area (Å²) in [4.78, 5) is 28.4. The van der Waals surface area contributed by atoms with Crippen LogP contribution in [0.15, 0.2) is 42.5 Å². The van der Waals surface area contributed by atoms with Gasteiger partial charge in [-0.2, -0.15) is 0 Å². The number of anilines is 2. The Morgan fingerprint density at radius 1 is 1.10 bits per heavy atom. The van der Waals surface area contributed by atoms with Crippen molar-refractivity contribution in [3.8, 4) is 11.5 Å². The van der Waals surface area contributed by atoms with Crippen molar-refractivity contribution in [1.82, 2.24) is 0 Å². The molecule has 0 aromatic heterocycles. The molecule has 1 unspecified atom stereocenters. The van der Waals surface area contributed by atoms with Gasteiger partial charge in [-0.1, -0.05) is 18.2 Å². The highest BCUT2D eigenvalue weighted by atomic mass is 16.5. The summed E-state index contributed by atoms with van der Waals surface area (Å²) in [5.74, 6) is 1.02. The van der Waals surface area contributed by atoms with E-state index < -0.39 is 5.54 Å². The van der Waals surface area contributed by atoms with Crippen LogP contribution in [0, 0.1) is 0 Å². The number of carbonyl (C=O) groups is 2. The van der Waals surface area contributed by atoms with Crippen molar-refractivity contribution < 1.29 is 24.0 Å². The zero-order valence-electron chi connectivity index (χ0n) is 17.5. The van der Waals surface area contributed by atoms with Crippen LogP contribution in [0.3, 0.4) is 0 Å². The molecule has 2 N–H and O–H groups in total. The van der Waals surface area contributed by atoms with E-state index >= 15 is 0 Å². The standard InChI is InChI=1S/C22H27N3O4/c1-22(2)21(27)23-16-10-6-7-11-17(16)25(22)19(26)14-24(3)13-15-9-8-12-18(28-4)20(15)29-5/h6-12H,13-14H2,1-5H3,(H,23,27)/p+1. The van der Waals surface area contributed by atoms with Crippen LogP contribution in [-0.2, 0) is 16.1 Å². The Morgan fingerprint density at radius 2 is 1.83 bits per heavy atom. The summed E-state index contributed by atoms with van der Waals surface area (Å²) in [6.07, 6.45) is 0. The highest BCUT2D eigenvalue weighted by molar-refractivity contribution is 6.14. The number of ether oxygens (including phenoxy) is 2. The van der Waals surface area contributed by atoms with Gasteiger partial charge in [0.1, 0.15) is 12.1 Å². The molecule has 29 heavy (non-hydrogen) atoms. The Balaban J connectivity index is 1.82. The summed E-state index contributed by atoms with van der Waals surface area (Å²) in [7, 11) is 5.15. The average Bonchev–Trinajstić information content (AvgIpc) is 2.68. The van der Waals surface area contributed by atoms with Crippen molar-refractivity contribution in [1.29, 1.82) is 0 Å². The normalized spacial score (nSPS) is 15.9. The first-order chi connectivity index (χ1) is 13.8. The monoisotopic (exact) mass is 398 g/mol. The second-order valence-corrected chi connectivity index (χ2v) is 7.72. The number of likely N-dealkylation sites (N-methyl/N-ethyl adjacent to an activating group) is 1. The van der Waals surface area contributed by atoms with E-state index in [2.05, 4.69) is 5.32 Å². The molecule has 1 heterocycles. The van der Waals surface area contributed by atoms with E-state index in [0.717, 1.165) is 10.5 Å². The Morgan fingerprint density at radius 3 is 2.52 bits per heavy atom. The zero-order chi connectivity index (χ0) is 21.2. The van der Waals surface area contributed by atoms with E-state index in [-0.39, 0.29) is 18.4 Å². The maximum absolute atomic E-state index is 13.3. The fourth-order valence-electron chi connectivity index (χ4n) is 3.72. The summed E-state index contributed by atoms with van der Waals surface area (Å²) in [5.41, 5.74) is 1.35. The number of nitrogens with zero attached hydrogens (tertiary/aromatic N) is 1. The van der Waals surface area contributed by atoms with Gasteiger partial charge >= 0.3 is 0 Å². The highest BCUT2D eigenvalue weighted by Gasteiger charge is 2.44. The predicted molar refractivity (Wildman–Crippen MR) is 112 cm³/mol. The fraction of sp³-hybridized carbons (Fsp3) is 0.364. The minimum atomic E-state index is -0.973. The first kappa shape index (κ1) is 20.7. The lowest BCUT2D eigenvalue weighted by Gasteiger charge is -2.42. The smallest absolute Gasteiger partial charge is 0.283 e. The maximum atomic E-state index is 13.3. The SMILES string of the molecule is COc1cccc(C[NH+](C)CC(=O)N2c3ccccc3NC(=O)C2(C)C)c1OC. The van der Waals surface area contributed by atoms with E-state index in [9.17, 15) is 9.59 Å².